The van der Waals surface area contributed by atoms with Crippen LogP contribution in [-0.4, -0.2) is 23.5 Å². The maximum atomic E-state index is 10.8. The molecule has 2 N–H and O–H groups in total. The summed E-state index contributed by atoms with van der Waals surface area (Å²) < 4.78 is 0. The van der Waals surface area contributed by atoms with Gasteiger partial charge >= 0.3 is 0 Å². The van der Waals surface area contributed by atoms with Crippen LogP contribution in [0.3, 0.4) is 0 Å². The molecule has 0 bridgehead atoms. The van der Waals surface area contributed by atoms with Gasteiger partial charge < -0.3 is 10.6 Å². The van der Waals surface area contributed by atoms with Gasteiger partial charge in [0.2, 0.25) is 0 Å². The average molecular weight is 278 g/mol. The predicted molar refractivity (Wildman–Crippen MR) is 77.0 cm³/mol. The summed E-state index contributed by atoms with van der Waals surface area (Å²) in [6, 6.07) is 6.91. The number of nitrogens with one attached hydrogen (secondary N) is 2. The normalized spacial score (nSPS) is 10.2. The summed E-state index contributed by atoms with van der Waals surface area (Å²) in [5.74, 6) is 0.989. The van der Waals surface area contributed by atoms with E-state index in [1.807, 2.05) is 11.4 Å². The van der Waals surface area contributed by atoms with Crippen LogP contribution in [0.2, 0.25) is 0 Å². The zero-order valence-electron chi connectivity index (χ0n) is 10.4. The minimum atomic E-state index is -0.424. The third kappa shape index (κ3) is 3.65. The Kier molecular flexibility index (Phi) is 4.30. The monoisotopic (exact) mass is 278 g/mol. The molecular weight excluding hydrogens is 264 g/mol. The van der Waals surface area contributed by atoms with E-state index in [0.717, 1.165) is 6.42 Å². The second kappa shape index (κ2) is 6.14. The van der Waals surface area contributed by atoms with E-state index in [2.05, 4.69) is 21.7 Å². The molecule has 0 saturated heterocycles. The van der Waals surface area contributed by atoms with E-state index >= 15 is 0 Å². The molecule has 0 fully saturated rings. The lowest BCUT2D eigenvalue weighted by molar-refractivity contribution is -0.384. The fraction of sp³-hybridized carbons (Fsp3) is 0.250. The van der Waals surface area contributed by atoms with Crippen LogP contribution in [0.15, 0.2) is 29.6 Å². The van der Waals surface area contributed by atoms with Gasteiger partial charge in [0.15, 0.2) is 0 Å². The third-order valence-electron chi connectivity index (χ3n) is 2.53. The van der Waals surface area contributed by atoms with Gasteiger partial charge in [-0.1, -0.05) is 6.07 Å². The topological polar surface area (TPSA) is 80.1 Å². The second-order valence-corrected chi connectivity index (χ2v) is 4.89. The number of aromatic nitrogens is 1. The van der Waals surface area contributed by atoms with Crippen molar-refractivity contribution >= 4 is 28.7 Å². The van der Waals surface area contributed by atoms with Gasteiger partial charge in [-0.25, -0.2) is 4.98 Å². The van der Waals surface area contributed by atoms with Gasteiger partial charge in [0.05, 0.1) is 17.1 Å². The first kappa shape index (κ1) is 13.3. The molecule has 0 aliphatic heterocycles. The highest BCUT2D eigenvalue weighted by molar-refractivity contribution is 7.09. The maximum absolute atomic E-state index is 10.8. The highest BCUT2D eigenvalue weighted by Crippen LogP contribution is 2.20. The van der Waals surface area contributed by atoms with Crippen LogP contribution < -0.4 is 10.6 Å². The van der Waals surface area contributed by atoms with Crippen molar-refractivity contribution in [3.8, 4) is 0 Å². The highest BCUT2D eigenvalue weighted by Gasteiger charge is 2.10. The van der Waals surface area contributed by atoms with Gasteiger partial charge in [-0.05, 0) is 17.9 Å². The zero-order valence-corrected chi connectivity index (χ0v) is 11.2. The number of nitro groups is 1. The number of hydrogen-bond acceptors (Lipinski definition) is 6. The number of hydrogen-bond donors (Lipinski definition) is 2. The molecule has 0 aliphatic rings. The molecule has 0 aliphatic carbocycles. The van der Waals surface area contributed by atoms with Crippen molar-refractivity contribution in [3.05, 3.63) is 44.6 Å². The molecule has 6 nitrogen and oxygen atoms in total. The molecule has 19 heavy (non-hydrogen) atoms. The van der Waals surface area contributed by atoms with Crippen LogP contribution in [0, 0.1) is 10.1 Å². The molecule has 0 saturated carbocycles. The SMILES string of the molecule is CNc1cc([N+](=O)[O-])cc(NCCc2cccs2)n1. The smallest absolute Gasteiger partial charge is 0.276 e. The van der Waals surface area contributed by atoms with E-state index in [4.69, 9.17) is 0 Å². The third-order valence-corrected chi connectivity index (χ3v) is 3.47. The second-order valence-electron chi connectivity index (χ2n) is 3.86. The van der Waals surface area contributed by atoms with Gasteiger partial charge in [0.1, 0.15) is 11.6 Å². The molecule has 2 rings (SSSR count). The lowest BCUT2D eigenvalue weighted by Crippen LogP contribution is -2.07. The number of nitrogens with zero attached hydrogens (tertiary/aromatic N) is 2. The minimum absolute atomic E-state index is 0.0259. The van der Waals surface area contributed by atoms with E-state index in [1.165, 1.54) is 17.0 Å². The summed E-state index contributed by atoms with van der Waals surface area (Å²) in [5, 5.41) is 18.8. The predicted octanol–water partition coefficient (Wildman–Crippen LogP) is 2.75. The van der Waals surface area contributed by atoms with Crippen LogP contribution in [0.5, 0.6) is 0 Å². The van der Waals surface area contributed by atoms with Crippen LogP contribution in [-0.2, 0) is 6.42 Å². The highest BCUT2D eigenvalue weighted by atomic mass is 32.1. The summed E-state index contributed by atoms with van der Waals surface area (Å²) >= 11 is 1.69. The Bertz CT molecular complexity index is 557. The van der Waals surface area contributed by atoms with Crippen molar-refractivity contribution in [3.63, 3.8) is 0 Å². The summed E-state index contributed by atoms with van der Waals surface area (Å²) in [4.78, 5) is 15.9. The van der Waals surface area contributed by atoms with Gasteiger partial charge in [-0.2, -0.15) is 0 Å². The van der Waals surface area contributed by atoms with Crippen molar-refractivity contribution in [2.24, 2.45) is 0 Å². The van der Waals surface area contributed by atoms with E-state index < -0.39 is 4.92 Å². The molecule has 0 spiro atoms. The van der Waals surface area contributed by atoms with Crippen LogP contribution in [0.1, 0.15) is 4.88 Å². The quantitative estimate of drug-likeness (QED) is 0.627. The first-order chi connectivity index (χ1) is 9.19. The zero-order chi connectivity index (χ0) is 13.7. The number of pyridine rings is 1. The Hall–Kier alpha value is -2.15. The molecule has 0 aromatic carbocycles. The molecular formula is C12H14N4O2S. The van der Waals surface area contributed by atoms with Crippen molar-refractivity contribution < 1.29 is 4.92 Å². The largest absolute Gasteiger partial charge is 0.373 e. The molecule has 0 radical (unpaired) electrons. The number of rotatable bonds is 6. The van der Waals surface area contributed by atoms with Gasteiger partial charge in [0, 0.05) is 18.5 Å². The first-order valence-electron chi connectivity index (χ1n) is 5.79. The van der Waals surface area contributed by atoms with Crippen molar-refractivity contribution in [2.75, 3.05) is 24.2 Å². The van der Waals surface area contributed by atoms with E-state index in [9.17, 15) is 10.1 Å². The van der Waals surface area contributed by atoms with Crippen LogP contribution in [0.4, 0.5) is 17.3 Å². The van der Waals surface area contributed by atoms with Crippen molar-refractivity contribution in [1.82, 2.24) is 4.98 Å². The Labute approximate surface area is 114 Å². The van der Waals surface area contributed by atoms with Crippen molar-refractivity contribution in [1.29, 1.82) is 0 Å². The van der Waals surface area contributed by atoms with Crippen LogP contribution in [0.25, 0.3) is 0 Å². The lowest BCUT2D eigenvalue weighted by Gasteiger charge is -2.07. The van der Waals surface area contributed by atoms with E-state index in [1.54, 1.807) is 18.4 Å². The fourth-order valence-corrected chi connectivity index (χ4v) is 2.32. The molecule has 0 amide bonds. The molecule has 2 aromatic rings. The Morgan fingerprint density at radius 1 is 1.42 bits per heavy atom. The van der Waals surface area contributed by atoms with Gasteiger partial charge in [-0.3, -0.25) is 10.1 Å². The summed E-state index contributed by atoms with van der Waals surface area (Å²) in [7, 11) is 1.68. The molecule has 2 heterocycles. The molecule has 7 heteroatoms. The Balaban J connectivity index is 2.02. The Morgan fingerprint density at radius 2 is 2.21 bits per heavy atom. The average Bonchev–Trinajstić information content (AvgIpc) is 2.91. The summed E-state index contributed by atoms with van der Waals surface area (Å²) in [5.41, 5.74) is 0.0259. The minimum Gasteiger partial charge on any atom is -0.373 e. The first-order valence-corrected chi connectivity index (χ1v) is 6.67. The number of anilines is 2. The molecule has 2 aromatic heterocycles. The maximum Gasteiger partial charge on any atom is 0.276 e. The summed E-state index contributed by atoms with van der Waals surface area (Å²) in [6.07, 6.45) is 0.872. The molecule has 0 unspecified atom stereocenters. The lowest BCUT2D eigenvalue weighted by atomic mass is 10.3. The van der Waals surface area contributed by atoms with Crippen LogP contribution >= 0.6 is 11.3 Å². The van der Waals surface area contributed by atoms with Crippen molar-refractivity contribution in [2.45, 2.75) is 6.42 Å². The Morgan fingerprint density at radius 3 is 2.84 bits per heavy atom. The van der Waals surface area contributed by atoms with E-state index in [-0.39, 0.29) is 5.69 Å². The van der Waals surface area contributed by atoms with Gasteiger partial charge in [0.25, 0.3) is 5.69 Å². The van der Waals surface area contributed by atoms with Gasteiger partial charge in [-0.15, -0.1) is 11.3 Å². The standard InChI is InChI=1S/C12H14N4O2S/c1-13-11-7-9(16(17)18)8-12(15-11)14-5-4-10-3-2-6-19-10/h2-3,6-8H,4-5H2,1H3,(H2,13,14,15). The fourth-order valence-electron chi connectivity index (χ4n) is 1.61. The molecule has 100 valence electrons. The summed E-state index contributed by atoms with van der Waals surface area (Å²) in [6.45, 7) is 0.692. The number of thiophene rings is 1. The van der Waals surface area contributed by atoms with E-state index in [0.29, 0.717) is 18.2 Å². The molecule has 0 atom stereocenters.